The van der Waals surface area contributed by atoms with Crippen molar-refractivity contribution in [3.8, 4) is 5.75 Å². The summed E-state index contributed by atoms with van der Waals surface area (Å²) in [7, 11) is 1.75. The highest BCUT2D eigenvalue weighted by Crippen LogP contribution is 2.30. The van der Waals surface area contributed by atoms with Gasteiger partial charge in [0.1, 0.15) is 11.4 Å². The van der Waals surface area contributed by atoms with Crippen LogP contribution < -0.4 is 4.74 Å². The van der Waals surface area contributed by atoms with E-state index < -0.39 is 0 Å². The minimum Gasteiger partial charge on any atom is -0.496 e. The molecular formula is C20H23N3O. The largest absolute Gasteiger partial charge is 0.496 e. The number of piperidine rings is 1. The summed E-state index contributed by atoms with van der Waals surface area (Å²) in [5.74, 6) is 1.53. The Balaban J connectivity index is 1.51. The number of benzene rings is 1. The van der Waals surface area contributed by atoms with Gasteiger partial charge in [-0.3, -0.25) is 4.90 Å². The second-order valence-corrected chi connectivity index (χ2v) is 6.55. The van der Waals surface area contributed by atoms with E-state index in [1.807, 2.05) is 24.4 Å². The van der Waals surface area contributed by atoms with Crippen molar-refractivity contribution in [3.63, 3.8) is 0 Å². The lowest BCUT2D eigenvalue weighted by Crippen LogP contribution is -2.34. The zero-order chi connectivity index (χ0) is 16.4. The summed E-state index contributed by atoms with van der Waals surface area (Å²) < 4.78 is 5.50. The average Bonchev–Trinajstić information content (AvgIpc) is 3.07. The summed E-state index contributed by atoms with van der Waals surface area (Å²) in [4.78, 5) is 10.5. The first kappa shape index (κ1) is 15.2. The van der Waals surface area contributed by atoms with E-state index in [1.165, 1.54) is 29.5 Å². The number of hydrogen-bond donors (Lipinski definition) is 1. The number of aromatic amines is 1. The normalized spacial score (nSPS) is 18.8. The SMILES string of the molecule is COc1ccccc1CN1CCCC(c2cc3cccnc3[nH]2)C1. The quantitative estimate of drug-likeness (QED) is 0.791. The van der Waals surface area contributed by atoms with Crippen molar-refractivity contribution in [2.75, 3.05) is 20.2 Å². The molecule has 4 nitrogen and oxygen atoms in total. The second kappa shape index (κ2) is 6.65. The van der Waals surface area contributed by atoms with E-state index in [2.05, 4.69) is 39.1 Å². The molecular weight excluding hydrogens is 298 g/mol. The molecule has 0 spiro atoms. The monoisotopic (exact) mass is 321 g/mol. The third-order valence-electron chi connectivity index (χ3n) is 4.94. The van der Waals surface area contributed by atoms with Crippen LogP contribution in [0.3, 0.4) is 0 Å². The van der Waals surface area contributed by atoms with Gasteiger partial charge in [-0.2, -0.15) is 0 Å². The number of rotatable bonds is 4. The third kappa shape index (κ3) is 3.02. The van der Waals surface area contributed by atoms with Gasteiger partial charge in [-0.05, 0) is 43.7 Å². The Morgan fingerprint density at radius 3 is 3.04 bits per heavy atom. The first-order chi connectivity index (χ1) is 11.8. The van der Waals surface area contributed by atoms with Crippen LogP contribution in [0.15, 0.2) is 48.7 Å². The number of ether oxygens (including phenoxy) is 1. The van der Waals surface area contributed by atoms with E-state index in [4.69, 9.17) is 4.74 Å². The molecule has 0 saturated carbocycles. The summed E-state index contributed by atoms with van der Waals surface area (Å²) in [6.45, 7) is 3.16. The van der Waals surface area contributed by atoms with Crippen molar-refractivity contribution in [3.05, 3.63) is 59.9 Å². The number of pyridine rings is 1. The maximum atomic E-state index is 5.50. The molecule has 0 radical (unpaired) electrons. The predicted octanol–water partition coefficient (Wildman–Crippen LogP) is 3.95. The molecule has 1 saturated heterocycles. The molecule has 1 aliphatic rings. The van der Waals surface area contributed by atoms with Gasteiger partial charge in [-0.25, -0.2) is 4.98 Å². The van der Waals surface area contributed by atoms with Crippen molar-refractivity contribution in [1.82, 2.24) is 14.9 Å². The Labute approximate surface area is 142 Å². The number of likely N-dealkylation sites (tertiary alicyclic amines) is 1. The minimum atomic E-state index is 0.544. The number of fused-ring (bicyclic) bond motifs is 1. The van der Waals surface area contributed by atoms with Gasteiger partial charge in [0.15, 0.2) is 0 Å². The van der Waals surface area contributed by atoms with Crippen LogP contribution in [0.1, 0.15) is 30.0 Å². The maximum Gasteiger partial charge on any atom is 0.137 e. The Morgan fingerprint density at radius 1 is 1.25 bits per heavy atom. The molecule has 0 bridgehead atoms. The molecule has 4 rings (SSSR count). The van der Waals surface area contributed by atoms with Gasteiger partial charge < -0.3 is 9.72 Å². The smallest absolute Gasteiger partial charge is 0.137 e. The van der Waals surface area contributed by atoms with E-state index >= 15 is 0 Å². The van der Waals surface area contributed by atoms with Crippen LogP contribution in [0.5, 0.6) is 5.75 Å². The number of hydrogen-bond acceptors (Lipinski definition) is 3. The van der Waals surface area contributed by atoms with Gasteiger partial charge in [0.05, 0.1) is 7.11 Å². The summed E-state index contributed by atoms with van der Waals surface area (Å²) in [6, 6.07) is 14.7. The molecule has 1 unspecified atom stereocenters. The van der Waals surface area contributed by atoms with Crippen LogP contribution in [0.25, 0.3) is 11.0 Å². The van der Waals surface area contributed by atoms with E-state index in [-0.39, 0.29) is 0 Å². The summed E-state index contributed by atoms with van der Waals surface area (Å²) in [5, 5.41) is 1.20. The number of para-hydroxylation sites is 1. The molecule has 1 N–H and O–H groups in total. The molecule has 3 aromatic rings. The van der Waals surface area contributed by atoms with Gasteiger partial charge in [0.2, 0.25) is 0 Å². The predicted molar refractivity (Wildman–Crippen MR) is 96.3 cm³/mol. The molecule has 4 heteroatoms. The van der Waals surface area contributed by atoms with E-state index in [0.717, 1.165) is 31.0 Å². The molecule has 1 atom stereocenters. The summed E-state index contributed by atoms with van der Waals surface area (Å²) >= 11 is 0. The van der Waals surface area contributed by atoms with Gasteiger partial charge in [0.25, 0.3) is 0 Å². The number of nitrogens with one attached hydrogen (secondary N) is 1. The average molecular weight is 321 g/mol. The molecule has 2 aromatic heterocycles. The molecule has 124 valence electrons. The fraction of sp³-hybridized carbons (Fsp3) is 0.350. The van der Waals surface area contributed by atoms with Crippen LogP contribution in [-0.4, -0.2) is 35.1 Å². The van der Waals surface area contributed by atoms with Crippen LogP contribution in [0.2, 0.25) is 0 Å². The number of nitrogens with zero attached hydrogens (tertiary/aromatic N) is 2. The molecule has 1 aliphatic heterocycles. The standard InChI is InChI=1S/C20H23N3O/c1-24-19-9-3-2-6-17(19)14-23-11-5-8-16(13-23)18-12-15-7-4-10-21-20(15)22-18/h2-4,6-7,9-10,12,16H,5,8,11,13-14H2,1H3,(H,21,22). The zero-order valence-electron chi connectivity index (χ0n) is 14.0. The Morgan fingerprint density at radius 2 is 2.17 bits per heavy atom. The summed E-state index contributed by atoms with van der Waals surface area (Å²) in [5.41, 5.74) is 3.57. The van der Waals surface area contributed by atoms with Crippen LogP contribution in [-0.2, 0) is 6.54 Å². The van der Waals surface area contributed by atoms with Crippen molar-refractivity contribution in [2.45, 2.75) is 25.3 Å². The Hall–Kier alpha value is -2.33. The second-order valence-electron chi connectivity index (χ2n) is 6.55. The number of H-pyrrole nitrogens is 1. The van der Waals surface area contributed by atoms with Crippen molar-refractivity contribution >= 4 is 11.0 Å². The van der Waals surface area contributed by atoms with Gasteiger partial charge >= 0.3 is 0 Å². The third-order valence-corrected chi connectivity index (χ3v) is 4.94. The van der Waals surface area contributed by atoms with Crippen molar-refractivity contribution in [2.24, 2.45) is 0 Å². The van der Waals surface area contributed by atoms with Gasteiger partial charge in [-0.1, -0.05) is 18.2 Å². The molecule has 1 aromatic carbocycles. The first-order valence-corrected chi connectivity index (χ1v) is 8.61. The lowest BCUT2D eigenvalue weighted by molar-refractivity contribution is 0.196. The Bertz CT molecular complexity index is 793. The van der Waals surface area contributed by atoms with Crippen molar-refractivity contribution in [1.29, 1.82) is 0 Å². The zero-order valence-corrected chi connectivity index (χ0v) is 14.0. The lowest BCUT2D eigenvalue weighted by atomic mass is 9.94. The van der Waals surface area contributed by atoms with Crippen LogP contribution >= 0.6 is 0 Å². The highest BCUT2D eigenvalue weighted by atomic mass is 16.5. The lowest BCUT2D eigenvalue weighted by Gasteiger charge is -2.32. The van der Waals surface area contributed by atoms with E-state index in [0.29, 0.717) is 5.92 Å². The number of aromatic nitrogens is 2. The van der Waals surface area contributed by atoms with Crippen molar-refractivity contribution < 1.29 is 4.74 Å². The van der Waals surface area contributed by atoms with Gasteiger partial charge in [-0.15, -0.1) is 0 Å². The van der Waals surface area contributed by atoms with E-state index in [9.17, 15) is 0 Å². The fourth-order valence-electron chi connectivity index (χ4n) is 3.73. The highest BCUT2D eigenvalue weighted by molar-refractivity contribution is 5.76. The van der Waals surface area contributed by atoms with Crippen LogP contribution in [0.4, 0.5) is 0 Å². The molecule has 0 amide bonds. The Kier molecular flexibility index (Phi) is 4.22. The number of methoxy groups -OCH3 is 1. The topological polar surface area (TPSA) is 41.1 Å². The molecule has 0 aliphatic carbocycles. The first-order valence-electron chi connectivity index (χ1n) is 8.61. The van der Waals surface area contributed by atoms with Crippen LogP contribution in [0, 0.1) is 0 Å². The molecule has 1 fully saturated rings. The van der Waals surface area contributed by atoms with E-state index in [1.54, 1.807) is 7.11 Å². The molecule has 3 heterocycles. The maximum absolute atomic E-state index is 5.50. The fourth-order valence-corrected chi connectivity index (χ4v) is 3.73. The minimum absolute atomic E-state index is 0.544. The molecule has 24 heavy (non-hydrogen) atoms. The van der Waals surface area contributed by atoms with Gasteiger partial charge in [0, 0.05) is 41.8 Å². The highest BCUT2D eigenvalue weighted by Gasteiger charge is 2.23. The summed E-state index contributed by atoms with van der Waals surface area (Å²) in [6.07, 6.45) is 4.30.